The molecule has 20 heavy (non-hydrogen) atoms. The van der Waals surface area contributed by atoms with Gasteiger partial charge in [-0.3, -0.25) is 0 Å². The van der Waals surface area contributed by atoms with Gasteiger partial charge in [0.1, 0.15) is 5.82 Å². The SMILES string of the molecule is O=C(Nc1ccc(F)cc1)Nc1ccc2[nH]ccc2c1. The monoisotopic (exact) mass is 269 g/mol. The molecule has 2 amide bonds. The molecule has 0 radical (unpaired) electrons. The van der Waals surface area contributed by atoms with Gasteiger partial charge in [-0.15, -0.1) is 0 Å². The van der Waals surface area contributed by atoms with E-state index in [9.17, 15) is 9.18 Å². The van der Waals surface area contributed by atoms with Crippen molar-refractivity contribution in [2.45, 2.75) is 0 Å². The summed E-state index contributed by atoms with van der Waals surface area (Å²) in [5, 5.41) is 6.38. The van der Waals surface area contributed by atoms with Crippen LogP contribution in [-0.2, 0) is 0 Å². The van der Waals surface area contributed by atoms with Crippen LogP contribution in [0.25, 0.3) is 10.9 Å². The summed E-state index contributed by atoms with van der Waals surface area (Å²) in [5.74, 6) is -0.339. The third kappa shape index (κ3) is 2.61. The summed E-state index contributed by atoms with van der Waals surface area (Å²) in [7, 11) is 0. The lowest BCUT2D eigenvalue weighted by Crippen LogP contribution is -2.19. The van der Waals surface area contributed by atoms with E-state index in [-0.39, 0.29) is 11.8 Å². The Labute approximate surface area is 114 Å². The molecule has 0 unspecified atom stereocenters. The van der Waals surface area contributed by atoms with Crippen LogP contribution in [0.5, 0.6) is 0 Å². The molecule has 3 rings (SSSR count). The topological polar surface area (TPSA) is 56.9 Å². The molecule has 0 saturated heterocycles. The Hall–Kier alpha value is -2.82. The molecule has 1 heterocycles. The van der Waals surface area contributed by atoms with Crippen LogP contribution < -0.4 is 10.6 Å². The summed E-state index contributed by atoms with van der Waals surface area (Å²) >= 11 is 0. The molecule has 0 atom stereocenters. The maximum atomic E-state index is 12.8. The second-order valence-corrected chi connectivity index (χ2v) is 4.37. The van der Waals surface area contributed by atoms with Crippen molar-refractivity contribution >= 4 is 28.3 Å². The zero-order valence-corrected chi connectivity index (χ0v) is 10.5. The summed E-state index contributed by atoms with van der Waals surface area (Å²) in [5.41, 5.74) is 2.23. The highest BCUT2D eigenvalue weighted by atomic mass is 19.1. The number of amides is 2. The molecule has 0 aliphatic heterocycles. The number of hydrogen-bond donors (Lipinski definition) is 3. The third-order valence-corrected chi connectivity index (χ3v) is 2.91. The maximum Gasteiger partial charge on any atom is 0.323 e. The predicted molar refractivity (Wildman–Crippen MR) is 77.3 cm³/mol. The lowest BCUT2D eigenvalue weighted by Gasteiger charge is -2.07. The fourth-order valence-corrected chi connectivity index (χ4v) is 1.96. The first-order valence-electron chi connectivity index (χ1n) is 6.11. The average Bonchev–Trinajstić information content (AvgIpc) is 2.89. The summed E-state index contributed by atoms with van der Waals surface area (Å²) in [6, 6.07) is 12.7. The van der Waals surface area contributed by atoms with Gasteiger partial charge in [-0.25, -0.2) is 9.18 Å². The number of fused-ring (bicyclic) bond motifs is 1. The molecule has 0 aliphatic carbocycles. The zero-order valence-electron chi connectivity index (χ0n) is 10.5. The van der Waals surface area contributed by atoms with Crippen LogP contribution in [0.3, 0.4) is 0 Å². The molecule has 3 aromatic rings. The van der Waals surface area contributed by atoms with Gasteiger partial charge in [0.2, 0.25) is 0 Å². The van der Waals surface area contributed by atoms with Crippen LogP contribution in [0, 0.1) is 5.82 Å². The van der Waals surface area contributed by atoms with E-state index in [1.165, 1.54) is 24.3 Å². The van der Waals surface area contributed by atoms with Gasteiger partial charge in [-0.2, -0.15) is 0 Å². The van der Waals surface area contributed by atoms with Gasteiger partial charge < -0.3 is 15.6 Å². The fourth-order valence-electron chi connectivity index (χ4n) is 1.96. The summed E-state index contributed by atoms with van der Waals surface area (Å²) in [4.78, 5) is 14.9. The minimum Gasteiger partial charge on any atom is -0.361 e. The number of benzene rings is 2. The van der Waals surface area contributed by atoms with E-state index in [0.29, 0.717) is 11.4 Å². The third-order valence-electron chi connectivity index (χ3n) is 2.91. The molecular formula is C15H12FN3O. The number of aromatic amines is 1. The number of H-pyrrole nitrogens is 1. The molecule has 4 nitrogen and oxygen atoms in total. The Morgan fingerprint density at radius 3 is 2.45 bits per heavy atom. The Morgan fingerprint density at radius 2 is 1.65 bits per heavy atom. The molecular weight excluding hydrogens is 257 g/mol. The van der Waals surface area contributed by atoms with E-state index in [0.717, 1.165) is 10.9 Å². The lowest BCUT2D eigenvalue weighted by molar-refractivity contribution is 0.262. The largest absolute Gasteiger partial charge is 0.361 e. The van der Waals surface area contributed by atoms with E-state index in [4.69, 9.17) is 0 Å². The van der Waals surface area contributed by atoms with E-state index in [2.05, 4.69) is 15.6 Å². The number of aromatic nitrogens is 1. The molecule has 0 fully saturated rings. The quantitative estimate of drug-likeness (QED) is 0.648. The second kappa shape index (κ2) is 5.05. The van der Waals surface area contributed by atoms with Gasteiger partial charge in [0.25, 0.3) is 0 Å². The van der Waals surface area contributed by atoms with Crippen LogP contribution in [0.1, 0.15) is 0 Å². The Bertz CT molecular complexity index is 749. The fraction of sp³-hybridized carbons (Fsp3) is 0. The van der Waals surface area contributed by atoms with E-state index >= 15 is 0 Å². The smallest absolute Gasteiger partial charge is 0.323 e. The molecule has 0 aliphatic rings. The first-order valence-corrected chi connectivity index (χ1v) is 6.11. The van der Waals surface area contributed by atoms with Crippen molar-refractivity contribution in [2.24, 2.45) is 0 Å². The predicted octanol–water partition coefficient (Wildman–Crippen LogP) is 3.95. The highest BCUT2D eigenvalue weighted by Gasteiger charge is 2.04. The van der Waals surface area contributed by atoms with Crippen LogP contribution in [0.4, 0.5) is 20.6 Å². The van der Waals surface area contributed by atoms with Crippen molar-refractivity contribution in [3.8, 4) is 0 Å². The molecule has 3 N–H and O–H groups in total. The van der Waals surface area contributed by atoms with Gasteiger partial charge in [0.15, 0.2) is 0 Å². The molecule has 0 spiro atoms. The number of halogens is 1. The Morgan fingerprint density at radius 1 is 0.950 bits per heavy atom. The second-order valence-electron chi connectivity index (χ2n) is 4.37. The number of urea groups is 1. The number of carbonyl (C=O) groups is 1. The molecule has 100 valence electrons. The number of nitrogens with one attached hydrogen (secondary N) is 3. The summed E-state index contributed by atoms with van der Waals surface area (Å²) in [6.45, 7) is 0. The minimum absolute atomic E-state index is 0.339. The van der Waals surface area contributed by atoms with Gasteiger partial charge >= 0.3 is 6.03 Å². The van der Waals surface area contributed by atoms with Crippen molar-refractivity contribution in [1.82, 2.24) is 4.98 Å². The van der Waals surface area contributed by atoms with Gasteiger partial charge in [-0.1, -0.05) is 0 Å². The molecule has 0 bridgehead atoms. The number of carbonyl (C=O) groups excluding carboxylic acids is 1. The van der Waals surface area contributed by atoms with Crippen LogP contribution in [0.2, 0.25) is 0 Å². The van der Waals surface area contributed by atoms with Gasteiger partial charge in [0.05, 0.1) is 0 Å². The van der Waals surface area contributed by atoms with Crippen LogP contribution in [-0.4, -0.2) is 11.0 Å². The van der Waals surface area contributed by atoms with E-state index in [1.54, 1.807) is 0 Å². The normalized spacial score (nSPS) is 10.4. The number of anilines is 2. The Kier molecular flexibility index (Phi) is 3.09. The molecule has 0 saturated carbocycles. The zero-order chi connectivity index (χ0) is 13.9. The molecule has 1 aromatic heterocycles. The first-order chi connectivity index (χ1) is 9.70. The van der Waals surface area contributed by atoms with Crippen molar-refractivity contribution in [3.63, 3.8) is 0 Å². The van der Waals surface area contributed by atoms with Crippen LogP contribution in [0.15, 0.2) is 54.7 Å². The highest BCUT2D eigenvalue weighted by Crippen LogP contribution is 2.18. The summed E-state index contributed by atoms with van der Waals surface area (Å²) in [6.07, 6.45) is 1.84. The molecule has 2 aromatic carbocycles. The summed E-state index contributed by atoms with van der Waals surface area (Å²) < 4.78 is 12.8. The lowest BCUT2D eigenvalue weighted by atomic mass is 10.2. The van der Waals surface area contributed by atoms with E-state index in [1.807, 2.05) is 30.5 Å². The van der Waals surface area contributed by atoms with Crippen molar-refractivity contribution in [3.05, 3.63) is 60.5 Å². The standard InChI is InChI=1S/C15H12FN3O/c16-11-1-3-12(4-2-11)18-15(20)19-13-5-6-14-10(9-13)7-8-17-14/h1-9,17H,(H2,18,19,20). The first kappa shape index (κ1) is 12.2. The number of hydrogen-bond acceptors (Lipinski definition) is 1. The molecule has 5 heteroatoms. The van der Waals surface area contributed by atoms with Crippen LogP contribution >= 0.6 is 0 Å². The average molecular weight is 269 g/mol. The van der Waals surface area contributed by atoms with Crippen molar-refractivity contribution in [2.75, 3.05) is 10.6 Å². The van der Waals surface area contributed by atoms with E-state index < -0.39 is 0 Å². The Balaban J connectivity index is 1.70. The number of rotatable bonds is 2. The van der Waals surface area contributed by atoms with Gasteiger partial charge in [0, 0.05) is 28.5 Å². The minimum atomic E-state index is -0.369. The van der Waals surface area contributed by atoms with Gasteiger partial charge in [-0.05, 0) is 48.5 Å². The van der Waals surface area contributed by atoms with Crippen molar-refractivity contribution in [1.29, 1.82) is 0 Å². The highest BCUT2D eigenvalue weighted by molar-refractivity contribution is 6.00. The van der Waals surface area contributed by atoms with Crippen molar-refractivity contribution < 1.29 is 9.18 Å². The maximum absolute atomic E-state index is 12.8.